The zero-order valence-electron chi connectivity index (χ0n) is 16.0. The Hall–Kier alpha value is -0.505. The molecule has 0 rings (SSSR count). The molecule has 0 aromatic carbocycles. The maximum absolute atomic E-state index is 11.7. The molecule has 26 heavy (non-hydrogen) atoms. The molecule has 0 N–H and O–H groups in total. The van der Waals surface area contributed by atoms with Crippen LogP contribution in [0, 0.1) is 11.2 Å². The first-order valence-corrected chi connectivity index (χ1v) is 11.7. The molecule has 0 unspecified atom stereocenters. The van der Waals surface area contributed by atoms with Gasteiger partial charge in [-0.2, -0.15) is 13.2 Å². The Morgan fingerprint density at radius 1 is 0.808 bits per heavy atom. The van der Waals surface area contributed by atoms with E-state index in [0.29, 0.717) is 0 Å². The lowest BCUT2D eigenvalue weighted by Crippen LogP contribution is -2.55. The van der Waals surface area contributed by atoms with Crippen LogP contribution in [0.1, 0.15) is 59.3 Å². The summed E-state index contributed by atoms with van der Waals surface area (Å²) in [7, 11) is -0.519. The lowest BCUT2D eigenvalue weighted by Gasteiger charge is -2.29. The molecule has 10 heteroatoms. The number of unbranched alkanes of at least 4 members (excludes halogenated alkanes) is 3. The predicted octanol–water partition coefficient (Wildman–Crippen LogP) is 7.20. The van der Waals surface area contributed by atoms with Crippen molar-refractivity contribution >= 4 is 14.0 Å². The van der Waals surface area contributed by atoms with E-state index in [1.807, 2.05) is 0 Å². The van der Waals surface area contributed by atoms with E-state index < -0.39 is 26.0 Å². The summed E-state index contributed by atoms with van der Waals surface area (Å²) in [6, 6.07) is 0. The Kier molecular flexibility index (Phi) is 12.8. The van der Waals surface area contributed by atoms with Crippen LogP contribution < -0.4 is 0 Å². The standard InChI is InChI=1S/C13H30P.C3BF7N/c1-5-8-11-14(4,12-9-6-2)13-10-7-3;5-2(6,3(7,8)9)4(10,11)1-12/h5-13H2,1-4H3;/q+1;-1. The number of alkyl halides is 5. The van der Waals surface area contributed by atoms with E-state index in [-0.39, 0.29) is 5.97 Å². The molecule has 0 bridgehead atoms. The molecule has 0 aromatic heterocycles. The van der Waals surface area contributed by atoms with E-state index in [1.165, 1.54) is 38.5 Å². The summed E-state index contributed by atoms with van der Waals surface area (Å²) in [4.78, 5) is 0. The number of nitriles is 1. The Balaban J connectivity index is 0. The fourth-order valence-corrected chi connectivity index (χ4v) is 6.15. The van der Waals surface area contributed by atoms with Crippen molar-refractivity contribution in [2.75, 3.05) is 25.2 Å². The van der Waals surface area contributed by atoms with Crippen LogP contribution in [0.4, 0.5) is 30.6 Å². The minimum Gasteiger partial charge on any atom is -0.461 e. The third-order valence-electron chi connectivity index (χ3n) is 4.15. The van der Waals surface area contributed by atoms with Crippen molar-refractivity contribution in [3.05, 3.63) is 0 Å². The van der Waals surface area contributed by atoms with Crippen LogP contribution in [-0.4, -0.2) is 43.8 Å². The lowest BCUT2D eigenvalue weighted by molar-refractivity contribution is -0.252. The molecular formula is C16H30BF7NP. The molecule has 0 radical (unpaired) electrons. The van der Waals surface area contributed by atoms with Crippen LogP contribution in [0.5, 0.6) is 0 Å². The molecular weight excluding hydrogens is 381 g/mol. The van der Waals surface area contributed by atoms with E-state index in [9.17, 15) is 30.6 Å². The SMILES string of the molecule is CCCC[P+](C)(CCCC)CCCC.N#C[B-](F)(F)C(F)(F)C(F)(F)F. The Morgan fingerprint density at radius 2 is 1.12 bits per heavy atom. The van der Waals surface area contributed by atoms with Gasteiger partial charge in [-0.3, -0.25) is 0 Å². The average molecular weight is 411 g/mol. The summed E-state index contributed by atoms with van der Waals surface area (Å²) in [5, 5.41) is 7.34. The van der Waals surface area contributed by atoms with Gasteiger partial charge in [0.05, 0.1) is 18.5 Å². The highest BCUT2D eigenvalue weighted by molar-refractivity contribution is 7.75. The van der Waals surface area contributed by atoms with Gasteiger partial charge in [0, 0.05) is 13.9 Å². The molecule has 0 saturated carbocycles. The van der Waals surface area contributed by atoms with Crippen molar-refractivity contribution in [2.45, 2.75) is 71.3 Å². The second-order valence-electron chi connectivity index (χ2n) is 6.76. The molecule has 0 aliphatic heterocycles. The van der Waals surface area contributed by atoms with Crippen molar-refractivity contribution in [3.8, 4) is 5.97 Å². The number of halogens is 7. The predicted molar refractivity (Wildman–Crippen MR) is 96.8 cm³/mol. The second-order valence-corrected chi connectivity index (χ2v) is 11.3. The smallest absolute Gasteiger partial charge is 0.461 e. The van der Waals surface area contributed by atoms with Crippen LogP contribution in [0.25, 0.3) is 0 Å². The van der Waals surface area contributed by atoms with E-state index in [0.717, 1.165) is 0 Å². The van der Waals surface area contributed by atoms with Gasteiger partial charge in [0.25, 0.3) is 5.82 Å². The number of hydrogen-bond acceptors (Lipinski definition) is 1. The topological polar surface area (TPSA) is 23.8 Å². The largest absolute Gasteiger partial charge is 0.484 e. The third kappa shape index (κ3) is 9.44. The Labute approximate surface area is 153 Å². The first-order chi connectivity index (χ1) is 11.7. The van der Waals surface area contributed by atoms with Crippen LogP contribution in [0.2, 0.25) is 0 Å². The molecule has 0 aliphatic carbocycles. The second kappa shape index (κ2) is 12.1. The lowest BCUT2D eigenvalue weighted by atomic mass is 9.59. The van der Waals surface area contributed by atoms with Gasteiger partial charge in [0.2, 0.25) is 0 Å². The molecule has 1 nitrogen and oxygen atoms in total. The van der Waals surface area contributed by atoms with Gasteiger partial charge >= 0.3 is 12.9 Å². The minimum absolute atomic E-state index is 0.353. The van der Waals surface area contributed by atoms with E-state index in [2.05, 4.69) is 27.4 Å². The maximum Gasteiger partial charge on any atom is 0.484 e. The summed E-state index contributed by atoms with van der Waals surface area (Å²) in [6.45, 7) is 3.20. The van der Waals surface area contributed by atoms with Gasteiger partial charge in [-0.15, -0.1) is 0 Å². The first kappa shape index (κ1) is 27.7. The summed E-state index contributed by atoms with van der Waals surface area (Å²) in [5.74, 6) is -6.60. The fourth-order valence-electron chi connectivity index (χ4n) is 2.24. The van der Waals surface area contributed by atoms with Gasteiger partial charge in [-0.05, 0) is 19.3 Å². The third-order valence-corrected chi connectivity index (χ3v) is 8.34. The van der Waals surface area contributed by atoms with Gasteiger partial charge in [0.1, 0.15) is 0 Å². The molecule has 0 spiro atoms. The molecule has 0 atom stereocenters. The fraction of sp³-hybridized carbons (Fsp3) is 0.938. The quantitative estimate of drug-likeness (QED) is 0.212. The summed E-state index contributed by atoms with van der Waals surface area (Å²) < 4.78 is 80.0. The molecule has 0 heterocycles. The highest BCUT2D eigenvalue weighted by atomic mass is 31.2. The summed E-state index contributed by atoms with van der Waals surface area (Å²) in [6.07, 6.45) is 6.84. The van der Waals surface area contributed by atoms with E-state index in [4.69, 9.17) is 5.26 Å². The van der Waals surface area contributed by atoms with Crippen molar-refractivity contribution in [2.24, 2.45) is 0 Å². The Bertz CT molecular complexity index is 400. The summed E-state index contributed by atoms with van der Waals surface area (Å²) >= 11 is 0. The monoisotopic (exact) mass is 411 g/mol. The van der Waals surface area contributed by atoms with Crippen molar-refractivity contribution in [3.63, 3.8) is 0 Å². The number of nitrogens with zero attached hydrogens (tertiary/aromatic N) is 1. The van der Waals surface area contributed by atoms with Crippen molar-refractivity contribution in [1.82, 2.24) is 0 Å². The van der Waals surface area contributed by atoms with Crippen LogP contribution in [0.15, 0.2) is 0 Å². The van der Waals surface area contributed by atoms with E-state index in [1.54, 1.807) is 18.5 Å². The summed E-state index contributed by atoms with van der Waals surface area (Å²) in [5.41, 5.74) is 0. The van der Waals surface area contributed by atoms with Crippen LogP contribution in [0.3, 0.4) is 0 Å². The van der Waals surface area contributed by atoms with E-state index >= 15 is 0 Å². The average Bonchev–Trinajstić information content (AvgIpc) is 2.56. The first-order valence-electron chi connectivity index (χ1n) is 8.95. The zero-order chi connectivity index (χ0) is 21.1. The van der Waals surface area contributed by atoms with Crippen LogP contribution in [-0.2, 0) is 0 Å². The van der Waals surface area contributed by atoms with Gasteiger partial charge in [0.15, 0.2) is 0 Å². The normalized spacial score (nSPS) is 13.0. The number of rotatable bonds is 10. The van der Waals surface area contributed by atoms with Crippen LogP contribution >= 0.6 is 7.26 Å². The molecule has 0 aliphatic rings. The molecule has 156 valence electrons. The maximum atomic E-state index is 11.7. The Morgan fingerprint density at radius 3 is 1.27 bits per heavy atom. The van der Waals surface area contributed by atoms with Gasteiger partial charge in [-0.25, -0.2) is 14.0 Å². The molecule has 0 amide bonds. The zero-order valence-corrected chi connectivity index (χ0v) is 16.9. The van der Waals surface area contributed by atoms with Gasteiger partial charge in [-0.1, -0.05) is 46.0 Å². The molecule has 0 saturated heterocycles. The highest BCUT2D eigenvalue weighted by Gasteiger charge is 2.68. The van der Waals surface area contributed by atoms with Crippen molar-refractivity contribution in [1.29, 1.82) is 5.26 Å². The molecule has 0 fully saturated rings. The van der Waals surface area contributed by atoms with Gasteiger partial charge < -0.3 is 8.63 Å². The molecule has 0 aromatic rings. The number of hydrogen-bond donors (Lipinski definition) is 0. The highest BCUT2D eigenvalue weighted by Crippen LogP contribution is 2.57. The van der Waals surface area contributed by atoms with Crippen molar-refractivity contribution < 1.29 is 30.6 Å². The minimum atomic E-state index is -6.40.